The molecule has 1 aromatic rings. The molecule has 0 fully saturated rings. The third kappa shape index (κ3) is 11.9. The van der Waals surface area contributed by atoms with E-state index >= 15 is 0 Å². The molecule has 0 radical (unpaired) electrons. The maximum Gasteiger partial charge on any atom is 0.312 e. The van der Waals surface area contributed by atoms with Crippen LogP contribution in [0.2, 0.25) is 0 Å². The van der Waals surface area contributed by atoms with E-state index in [4.69, 9.17) is 14.3 Å². The van der Waals surface area contributed by atoms with Gasteiger partial charge in [0.25, 0.3) is 0 Å². The summed E-state index contributed by atoms with van der Waals surface area (Å²) in [5.74, 6) is -0.583. The molecule has 238 valence electrons. The first-order chi connectivity index (χ1) is 19.3. The van der Waals surface area contributed by atoms with Gasteiger partial charge in [-0.3, -0.25) is 14.4 Å². The summed E-state index contributed by atoms with van der Waals surface area (Å²) in [6.07, 6.45) is -0.395. The van der Waals surface area contributed by atoms with Crippen molar-refractivity contribution >= 4 is 17.9 Å². The molecular formula is C33H53NO8. The molecule has 1 aromatic carbocycles. The van der Waals surface area contributed by atoms with Gasteiger partial charge in [-0.15, -0.1) is 0 Å². The lowest BCUT2D eigenvalue weighted by Crippen LogP contribution is -2.47. The van der Waals surface area contributed by atoms with Gasteiger partial charge in [0, 0.05) is 0 Å². The molecule has 0 aromatic heterocycles. The van der Waals surface area contributed by atoms with Crippen LogP contribution in [0.3, 0.4) is 0 Å². The number of rotatable bonds is 16. The van der Waals surface area contributed by atoms with E-state index < -0.39 is 35.6 Å². The average molecular weight is 592 g/mol. The first kappa shape index (κ1) is 37.3. The number of carbonyl (C=O) groups is 2. The number of hydrogen-bond acceptors (Lipinski definition) is 8. The maximum atomic E-state index is 12.2. The molecule has 9 nitrogen and oxygen atoms in total. The number of nitrogens with one attached hydrogen (secondary N) is 1. The van der Waals surface area contributed by atoms with E-state index in [-0.39, 0.29) is 35.4 Å². The third-order valence-corrected chi connectivity index (χ3v) is 7.20. The topological polar surface area (TPSA) is 131 Å². The quantitative estimate of drug-likeness (QED) is 0.133. The molecule has 1 rings (SSSR count). The fourth-order valence-electron chi connectivity index (χ4n) is 4.47. The summed E-state index contributed by atoms with van der Waals surface area (Å²) in [6, 6.07) is 5.35. The molecule has 0 aliphatic carbocycles. The molecule has 0 aliphatic rings. The van der Waals surface area contributed by atoms with E-state index in [2.05, 4.69) is 46.2 Å². The first-order valence-electron chi connectivity index (χ1n) is 14.8. The second-order valence-corrected chi connectivity index (χ2v) is 13.5. The van der Waals surface area contributed by atoms with Crippen molar-refractivity contribution in [2.24, 2.45) is 23.7 Å². The van der Waals surface area contributed by atoms with Crippen LogP contribution in [0.25, 0.3) is 0 Å². The van der Waals surface area contributed by atoms with Gasteiger partial charge >= 0.3 is 11.9 Å². The van der Waals surface area contributed by atoms with E-state index in [1.54, 1.807) is 19.8 Å². The molecule has 0 unspecified atom stereocenters. The van der Waals surface area contributed by atoms with Crippen LogP contribution in [-0.2, 0) is 35.8 Å². The zero-order valence-electron chi connectivity index (χ0n) is 27.4. The number of esters is 1. The van der Waals surface area contributed by atoms with Crippen LogP contribution >= 0.6 is 0 Å². The minimum atomic E-state index is -1.41. The van der Waals surface area contributed by atoms with Crippen LogP contribution in [-0.4, -0.2) is 59.1 Å². The Morgan fingerprint density at radius 2 is 1.67 bits per heavy atom. The van der Waals surface area contributed by atoms with Crippen molar-refractivity contribution in [2.75, 3.05) is 13.2 Å². The molecule has 0 aliphatic heterocycles. The van der Waals surface area contributed by atoms with E-state index in [0.29, 0.717) is 25.2 Å². The Labute approximate surface area is 252 Å². The van der Waals surface area contributed by atoms with Crippen LogP contribution < -0.4 is 10.2 Å². The lowest BCUT2D eigenvalue weighted by atomic mass is 9.80. The fourth-order valence-corrected chi connectivity index (χ4v) is 4.47. The van der Waals surface area contributed by atoms with Crippen LogP contribution in [0.4, 0.5) is 0 Å². The van der Waals surface area contributed by atoms with Gasteiger partial charge in [-0.1, -0.05) is 46.8 Å². The molecule has 0 spiro atoms. The number of hydrogen-bond donors (Lipinski definition) is 3. The maximum absolute atomic E-state index is 12.2. The van der Waals surface area contributed by atoms with Gasteiger partial charge in [0.15, 0.2) is 0 Å². The van der Waals surface area contributed by atoms with Crippen molar-refractivity contribution in [2.45, 2.75) is 112 Å². The largest absolute Gasteiger partial charge is 0.492 e. The van der Waals surface area contributed by atoms with Crippen LogP contribution in [0.15, 0.2) is 23.8 Å². The van der Waals surface area contributed by atoms with Crippen LogP contribution in [0.5, 0.6) is 5.75 Å². The molecule has 0 bridgehead atoms. The van der Waals surface area contributed by atoms with Crippen molar-refractivity contribution in [3.63, 3.8) is 0 Å². The number of carboxylic acids is 1. The van der Waals surface area contributed by atoms with E-state index in [1.807, 2.05) is 32.9 Å². The Bertz CT molecular complexity index is 1080. The zero-order chi connectivity index (χ0) is 32.4. The lowest BCUT2D eigenvalue weighted by molar-refractivity contribution is -0.148. The summed E-state index contributed by atoms with van der Waals surface area (Å²) in [4.78, 5) is 41.3. The van der Waals surface area contributed by atoms with Crippen LogP contribution in [0, 0.1) is 23.7 Å². The number of carbonyl (C=O) groups excluding carboxylic acids is 2. The summed E-state index contributed by atoms with van der Waals surface area (Å²) in [7, 11) is 0. The Morgan fingerprint density at radius 3 is 2.14 bits per heavy atom. The number of aliphatic carboxylic acids is 1. The van der Waals surface area contributed by atoms with Gasteiger partial charge in [0.05, 0.1) is 35.7 Å². The molecule has 0 saturated carbocycles. The second kappa shape index (κ2) is 16.2. The molecule has 5 atom stereocenters. The van der Waals surface area contributed by atoms with Crippen LogP contribution in [0.1, 0.15) is 93.7 Å². The highest BCUT2D eigenvalue weighted by Gasteiger charge is 2.34. The monoisotopic (exact) mass is 591 g/mol. The van der Waals surface area contributed by atoms with Crippen molar-refractivity contribution in [1.82, 2.24) is 5.48 Å². The first-order valence-corrected chi connectivity index (χ1v) is 14.8. The predicted octanol–water partition coefficient (Wildman–Crippen LogP) is 5.29. The molecule has 0 saturated heterocycles. The summed E-state index contributed by atoms with van der Waals surface area (Å²) >= 11 is 0. The van der Waals surface area contributed by atoms with Crippen molar-refractivity contribution < 1.29 is 38.9 Å². The van der Waals surface area contributed by atoms with E-state index in [0.717, 1.165) is 11.1 Å². The van der Waals surface area contributed by atoms with E-state index in [1.165, 1.54) is 6.92 Å². The standard InChI is InChI=1S/C33H53NO8/c1-12-40-31(39)21(4)19-41-28-16-23(13-14-26(28)32(6,7)8)15-24(20(2)3)17-27(34-42-33(9,10)11)29(36)25(18-35)22(5)30(37)38/h13-14,16,20-22,24,27,29,34,36H,12,15,17,19H2,1-11H3,(H,37,38)/t21-,22+,24-,27-,29-/m0/s1. The highest BCUT2D eigenvalue weighted by Crippen LogP contribution is 2.34. The lowest BCUT2D eigenvalue weighted by Gasteiger charge is -2.33. The molecule has 3 N–H and O–H groups in total. The number of ether oxygens (including phenoxy) is 2. The van der Waals surface area contributed by atoms with Gasteiger partial charge in [0.1, 0.15) is 24.4 Å². The Hall–Kier alpha value is -2.71. The highest BCUT2D eigenvalue weighted by molar-refractivity contribution is 5.77. The van der Waals surface area contributed by atoms with Gasteiger partial charge < -0.3 is 19.7 Å². The van der Waals surface area contributed by atoms with Crippen molar-refractivity contribution in [1.29, 1.82) is 0 Å². The highest BCUT2D eigenvalue weighted by atomic mass is 16.7. The minimum absolute atomic E-state index is 0.0144. The average Bonchev–Trinajstić information content (AvgIpc) is 2.87. The number of carboxylic acid groups (broad SMARTS) is 1. The smallest absolute Gasteiger partial charge is 0.312 e. The summed E-state index contributed by atoms with van der Waals surface area (Å²) in [5.41, 5.74) is 3.92. The second-order valence-electron chi connectivity index (χ2n) is 13.5. The van der Waals surface area contributed by atoms with Gasteiger partial charge in [-0.25, -0.2) is 4.79 Å². The number of aliphatic hydroxyl groups is 1. The zero-order valence-corrected chi connectivity index (χ0v) is 27.4. The summed E-state index contributed by atoms with van der Waals surface area (Å²) < 4.78 is 11.3. The molecule has 42 heavy (non-hydrogen) atoms. The number of aliphatic hydroxyl groups excluding tert-OH is 1. The van der Waals surface area contributed by atoms with E-state index in [9.17, 15) is 24.6 Å². The molecule has 9 heteroatoms. The van der Waals surface area contributed by atoms with Crippen molar-refractivity contribution in [3.05, 3.63) is 34.9 Å². The summed E-state index contributed by atoms with van der Waals surface area (Å²) in [6.45, 7) is 21.4. The third-order valence-electron chi connectivity index (χ3n) is 7.20. The molecular weight excluding hydrogens is 538 g/mol. The Kier molecular flexibility index (Phi) is 14.4. The SMILES string of the molecule is CCOC(=O)[C@@H](C)COc1cc(C[C@@H](C[C@H](NOC(C)(C)C)[C@@H](O)C(=C=O)[C@@H](C)C(=O)O)C(C)C)ccc1C(C)(C)C. The van der Waals surface area contributed by atoms with Gasteiger partial charge in [0.2, 0.25) is 0 Å². The fraction of sp³-hybridized carbons (Fsp3) is 0.697. The number of benzene rings is 1. The van der Waals surface area contributed by atoms with Gasteiger partial charge in [-0.2, -0.15) is 5.48 Å². The van der Waals surface area contributed by atoms with Gasteiger partial charge in [-0.05, 0) is 88.8 Å². The minimum Gasteiger partial charge on any atom is -0.492 e. The summed E-state index contributed by atoms with van der Waals surface area (Å²) in [5, 5.41) is 20.7. The predicted molar refractivity (Wildman–Crippen MR) is 163 cm³/mol. The number of hydroxylamine groups is 1. The Morgan fingerprint density at radius 1 is 1.05 bits per heavy atom. The Balaban J connectivity index is 3.36. The van der Waals surface area contributed by atoms with Crippen molar-refractivity contribution in [3.8, 4) is 5.75 Å². The molecule has 0 heterocycles. The normalized spacial score (nSPS) is 15.7. The molecule has 0 amide bonds.